The molecule has 0 N–H and O–H groups in total. The van der Waals surface area contributed by atoms with Crippen molar-refractivity contribution in [1.82, 2.24) is 0 Å². The Balaban J connectivity index is 2.22. The molecule has 134 valence electrons. The van der Waals surface area contributed by atoms with Gasteiger partial charge in [0.2, 0.25) is 0 Å². The molecule has 2 aromatic rings. The van der Waals surface area contributed by atoms with Gasteiger partial charge in [-0.3, -0.25) is 4.79 Å². The summed E-state index contributed by atoms with van der Waals surface area (Å²) < 4.78 is 21.5. The highest BCUT2D eigenvalue weighted by atomic mass is 31.1. The maximum atomic E-state index is 12.8. The molecule has 1 atom stereocenters. The van der Waals surface area contributed by atoms with Gasteiger partial charge in [-0.15, -0.1) is 0 Å². The van der Waals surface area contributed by atoms with E-state index in [2.05, 4.69) is 6.92 Å². The summed E-state index contributed by atoms with van der Waals surface area (Å²) in [7, 11) is 4.55. The minimum absolute atomic E-state index is 0.0446. The first kappa shape index (κ1) is 19.1. The quantitative estimate of drug-likeness (QED) is 0.638. The molecule has 2 aromatic carbocycles. The number of benzene rings is 2. The molecule has 2 rings (SSSR count). The van der Waals surface area contributed by atoms with Crippen molar-refractivity contribution in [2.45, 2.75) is 13.3 Å². The Morgan fingerprint density at radius 2 is 1.52 bits per heavy atom. The average Bonchev–Trinajstić information content (AvgIpc) is 2.66. The number of methoxy groups -OCH3 is 3. The van der Waals surface area contributed by atoms with Gasteiger partial charge in [-0.05, 0) is 32.4 Å². The minimum Gasteiger partial charge on any atom is -0.496 e. The molecule has 0 radical (unpaired) electrons. The maximum absolute atomic E-state index is 12.8. The van der Waals surface area contributed by atoms with E-state index in [-0.39, 0.29) is 14.1 Å². The lowest BCUT2D eigenvalue weighted by molar-refractivity contribution is 0.108. The Labute approximate surface area is 150 Å². The third-order valence-corrected chi connectivity index (χ3v) is 4.63. The lowest BCUT2D eigenvalue weighted by Gasteiger charge is -2.14. The Morgan fingerprint density at radius 1 is 0.920 bits per heavy atom. The van der Waals surface area contributed by atoms with Crippen LogP contribution < -0.4 is 24.3 Å². The van der Waals surface area contributed by atoms with E-state index in [0.29, 0.717) is 29.4 Å². The maximum Gasteiger partial charge on any atom is 0.193 e. The molecule has 0 aliphatic heterocycles. The molecule has 5 nitrogen and oxygen atoms in total. The molecule has 0 saturated heterocycles. The molecule has 0 aliphatic rings. The van der Waals surface area contributed by atoms with Crippen LogP contribution in [0.4, 0.5) is 0 Å². The molecule has 0 aliphatic carbocycles. The molecule has 25 heavy (non-hydrogen) atoms. The zero-order chi connectivity index (χ0) is 18.2. The highest BCUT2D eigenvalue weighted by Crippen LogP contribution is 2.37. The lowest BCUT2D eigenvalue weighted by Crippen LogP contribution is -2.06. The topological polar surface area (TPSA) is 54.0 Å². The van der Waals surface area contributed by atoms with E-state index in [0.717, 1.165) is 17.5 Å². The van der Waals surface area contributed by atoms with E-state index < -0.39 is 0 Å². The normalized spacial score (nSPS) is 10.7. The summed E-state index contributed by atoms with van der Waals surface area (Å²) in [6.45, 7) is 2.74. The standard InChI is InChI=1S/C19H23O5P/c1-5-10-24-13-6-8-15(9-7-13)25-19(20)18-16(22-3)11-14(21-2)12-17(18)23-4/h6-9,11-12,25H,5,10H2,1-4H3. The summed E-state index contributed by atoms with van der Waals surface area (Å²) in [5.41, 5.74) is 0.369. The SMILES string of the molecule is CCCOc1ccc(PC(=O)c2c(OC)cc(OC)cc2OC)cc1. The second-order valence-corrected chi connectivity index (χ2v) is 6.52. The largest absolute Gasteiger partial charge is 0.496 e. The van der Waals surface area contributed by atoms with Crippen LogP contribution in [0.25, 0.3) is 0 Å². The van der Waals surface area contributed by atoms with E-state index >= 15 is 0 Å². The Bertz CT molecular complexity index is 687. The molecule has 0 saturated carbocycles. The zero-order valence-electron chi connectivity index (χ0n) is 14.9. The zero-order valence-corrected chi connectivity index (χ0v) is 15.9. The van der Waals surface area contributed by atoms with E-state index in [9.17, 15) is 4.79 Å². The van der Waals surface area contributed by atoms with Gasteiger partial charge in [-0.2, -0.15) is 0 Å². The van der Waals surface area contributed by atoms with Crippen LogP contribution in [0, 0.1) is 0 Å². The Morgan fingerprint density at radius 3 is 2.00 bits per heavy atom. The predicted molar refractivity (Wildman–Crippen MR) is 101 cm³/mol. The van der Waals surface area contributed by atoms with E-state index in [4.69, 9.17) is 18.9 Å². The number of hydrogen-bond acceptors (Lipinski definition) is 5. The predicted octanol–water partition coefficient (Wildman–Crippen LogP) is 3.65. The molecule has 0 fully saturated rings. The van der Waals surface area contributed by atoms with Gasteiger partial charge in [0.1, 0.15) is 28.6 Å². The van der Waals surface area contributed by atoms with Gasteiger partial charge >= 0.3 is 0 Å². The monoisotopic (exact) mass is 362 g/mol. The van der Waals surface area contributed by atoms with Crippen LogP contribution in [-0.2, 0) is 0 Å². The first-order valence-corrected chi connectivity index (χ1v) is 8.97. The molecule has 0 bridgehead atoms. The van der Waals surface area contributed by atoms with E-state index in [1.54, 1.807) is 19.2 Å². The summed E-state index contributed by atoms with van der Waals surface area (Å²) in [6, 6.07) is 10.9. The molecule has 1 unspecified atom stereocenters. The van der Waals surface area contributed by atoms with Gasteiger partial charge in [-0.25, -0.2) is 0 Å². The van der Waals surface area contributed by atoms with Crippen molar-refractivity contribution in [2.75, 3.05) is 27.9 Å². The first-order chi connectivity index (χ1) is 12.1. The number of hydrogen-bond donors (Lipinski definition) is 0. The first-order valence-electron chi connectivity index (χ1n) is 7.97. The third kappa shape index (κ3) is 4.86. The van der Waals surface area contributed by atoms with Crippen LogP contribution in [0.5, 0.6) is 23.0 Å². The summed E-state index contributed by atoms with van der Waals surface area (Å²) in [5.74, 6) is 2.27. The van der Waals surface area contributed by atoms with E-state index in [1.165, 1.54) is 14.2 Å². The summed E-state index contributed by atoms with van der Waals surface area (Å²) in [5, 5.41) is 0.925. The van der Waals surface area contributed by atoms with Crippen LogP contribution in [0.3, 0.4) is 0 Å². The van der Waals surface area contributed by atoms with Crippen molar-refractivity contribution in [3.8, 4) is 23.0 Å². The highest BCUT2D eigenvalue weighted by molar-refractivity contribution is 7.66. The molecule has 6 heteroatoms. The van der Waals surface area contributed by atoms with Crippen molar-refractivity contribution in [3.05, 3.63) is 42.0 Å². The van der Waals surface area contributed by atoms with Crippen molar-refractivity contribution >= 4 is 19.4 Å². The van der Waals surface area contributed by atoms with Gasteiger partial charge < -0.3 is 18.9 Å². The minimum atomic E-state index is -0.0569. The molecular formula is C19H23O5P. The van der Waals surface area contributed by atoms with Gasteiger partial charge in [0.25, 0.3) is 0 Å². The fraction of sp³-hybridized carbons (Fsp3) is 0.316. The van der Waals surface area contributed by atoms with Crippen molar-refractivity contribution in [1.29, 1.82) is 0 Å². The van der Waals surface area contributed by atoms with Crippen LogP contribution in [0.15, 0.2) is 36.4 Å². The number of ether oxygens (including phenoxy) is 4. The lowest BCUT2D eigenvalue weighted by atomic mass is 10.2. The van der Waals surface area contributed by atoms with Crippen LogP contribution in [0.2, 0.25) is 0 Å². The highest BCUT2D eigenvalue weighted by Gasteiger charge is 2.20. The van der Waals surface area contributed by atoms with Gasteiger partial charge in [0.05, 0.1) is 27.9 Å². The van der Waals surface area contributed by atoms with Crippen molar-refractivity contribution < 1.29 is 23.7 Å². The molecule has 0 aromatic heterocycles. The second kappa shape index (κ2) is 9.28. The molecule has 0 spiro atoms. The Hall–Kier alpha value is -2.26. The average molecular weight is 362 g/mol. The smallest absolute Gasteiger partial charge is 0.193 e. The van der Waals surface area contributed by atoms with Gasteiger partial charge in [0, 0.05) is 12.1 Å². The van der Waals surface area contributed by atoms with Gasteiger partial charge in [0.15, 0.2) is 5.52 Å². The molecule has 0 heterocycles. The summed E-state index contributed by atoms with van der Waals surface area (Å²) in [4.78, 5) is 12.8. The molecular weight excluding hydrogens is 339 g/mol. The second-order valence-electron chi connectivity index (χ2n) is 5.23. The van der Waals surface area contributed by atoms with Crippen LogP contribution in [0.1, 0.15) is 23.7 Å². The fourth-order valence-corrected chi connectivity index (χ4v) is 3.24. The Kier molecular flexibility index (Phi) is 7.08. The van der Waals surface area contributed by atoms with E-state index in [1.807, 2.05) is 24.3 Å². The van der Waals surface area contributed by atoms with Gasteiger partial charge in [-0.1, -0.05) is 19.1 Å². The molecule has 0 amide bonds. The number of rotatable bonds is 9. The van der Waals surface area contributed by atoms with Crippen LogP contribution >= 0.6 is 8.58 Å². The number of carbonyl (C=O) groups is 1. The summed E-state index contributed by atoms with van der Waals surface area (Å²) in [6.07, 6.45) is 0.957. The fourth-order valence-electron chi connectivity index (χ4n) is 2.28. The number of carbonyl (C=O) groups excluding carboxylic acids is 1. The third-order valence-electron chi connectivity index (χ3n) is 3.53. The van der Waals surface area contributed by atoms with Crippen molar-refractivity contribution in [2.24, 2.45) is 0 Å². The van der Waals surface area contributed by atoms with Crippen LogP contribution in [-0.4, -0.2) is 33.5 Å². The van der Waals surface area contributed by atoms with Crippen molar-refractivity contribution in [3.63, 3.8) is 0 Å². The summed E-state index contributed by atoms with van der Waals surface area (Å²) >= 11 is 0.